The van der Waals surface area contributed by atoms with Gasteiger partial charge in [-0.15, -0.1) is 4.98 Å². The first-order valence-corrected chi connectivity index (χ1v) is 4.50. The maximum absolute atomic E-state index is 5.46. The van der Waals surface area contributed by atoms with E-state index in [1.165, 1.54) is 14.2 Å². The summed E-state index contributed by atoms with van der Waals surface area (Å²) >= 11 is 0. The van der Waals surface area contributed by atoms with Crippen LogP contribution in [-0.2, 0) is 0 Å². The molecule has 1 rings (SSSR count). The lowest BCUT2D eigenvalue weighted by Gasteiger charge is -2.11. The molecule has 7 nitrogen and oxygen atoms in total. The zero-order chi connectivity index (χ0) is 11.3. The van der Waals surface area contributed by atoms with Gasteiger partial charge in [-0.1, -0.05) is 0 Å². The molecule has 1 aromatic rings. The van der Waals surface area contributed by atoms with Crippen LogP contribution in [-0.4, -0.2) is 41.8 Å². The van der Waals surface area contributed by atoms with Gasteiger partial charge in [0.15, 0.2) is 0 Å². The number of aromatic nitrogens is 3. The van der Waals surface area contributed by atoms with Crippen molar-refractivity contribution in [3.63, 3.8) is 0 Å². The van der Waals surface area contributed by atoms with Crippen molar-refractivity contribution in [1.29, 1.82) is 0 Å². The SMILES string of the molecule is COc1nc(NC(C)CN)nc(OC)n1. The second-order valence-corrected chi connectivity index (χ2v) is 2.91. The minimum Gasteiger partial charge on any atom is -0.467 e. The summed E-state index contributed by atoms with van der Waals surface area (Å²) in [6.45, 7) is 2.40. The van der Waals surface area contributed by atoms with Crippen molar-refractivity contribution in [1.82, 2.24) is 15.0 Å². The molecule has 0 radical (unpaired) electrons. The van der Waals surface area contributed by atoms with Crippen molar-refractivity contribution in [3.8, 4) is 12.0 Å². The summed E-state index contributed by atoms with van der Waals surface area (Å²) in [4.78, 5) is 11.9. The average Bonchev–Trinajstić information content (AvgIpc) is 2.28. The van der Waals surface area contributed by atoms with Gasteiger partial charge < -0.3 is 20.5 Å². The monoisotopic (exact) mass is 213 g/mol. The summed E-state index contributed by atoms with van der Waals surface area (Å²) in [7, 11) is 2.95. The van der Waals surface area contributed by atoms with Gasteiger partial charge in [0, 0.05) is 12.6 Å². The van der Waals surface area contributed by atoms with Crippen molar-refractivity contribution >= 4 is 5.95 Å². The molecule has 15 heavy (non-hydrogen) atoms. The van der Waals surface area contributed by atoms with E-state index in [2.05, 4.69) is 20.3 Å². The van der Waals surface area contributed by atoms with E-state index < -0.39 is 0 Å². The Kier molecular flexibility index (Phi) is 4.04. The quantitative estimate of drug-likeness (QED) is 0.690. The zero-order valence-corrected chi connectivity index (χ0v) is 9.02. The van der Waals surface area contributed by atoms with E-state index in [0.717, 1.165) is 0 Å². The van der Waals surface area contributed by atoms with Crippen LogP contribution in [0.15, 0.2) is 0 Å². The van der Waals surface area contributed by atoms with Crippen molar-refractivity contribution in [2.24, 2.45) is 5.73 Å². The van der Waals surface area contributed by atoms with Crippen molar-refractivity contribution in [2.45, 2.75) is 13.0 Å². The van der Waals surface area contributed by atoms with Crippen LogP contribution in [0.4, 0.5) is 5.95 Å². The number of nitrogens with zero attached hydrogens (tertiary/aromatic N) is 3. The highest BCUT2D eigenvalue weighted by Crippen LogP contribution is 2.12. The second kappa shape index (κ2) is 5.30. The maximum atomic E-state index is 5.46. The molecule has 0 amide bonds. The summed E-state index contributed by atoms with van der Waals surface area (Å²) in [5.41, 5.74) is 5.46. The van der Waals surface area contributed by atoms with Gasteiger partial charge in [0.1, 0.15) is 0 Å². The topological polar surface area (TPSA) is 95.2 Å². The largest absolute Gasteiger partial charge is 0.467 e. The fourth-order valence-electron chi connectivity index (χ4n) is 0.864. The number of methoxy groups -OCH3 is 2. The molecule has 0 saturated heterocycles. The Morgan fingerprint density at radius 2 is 1.73 bits per heavy atom. The van der Waals surface area contributed by atoms with E-state index in [0.29, 0.717) is 12.5 Å². The summed E-state index contributed by atoms with van der Waals surface area (Å²) in [5, 5.41) is 2.99. The number of hydrogen-bond donors (Lipinski definition) is 2. The van der Waals surface area contributed by atoms with Crippen LogP contribution in [0.3, 0.4) is 0 Å². The van der Waals surface area contributed by atoms with Gasteiger partial charge in [-0.05, 0) is 6.92 Å². The molecule has 1 heterocycles. The number of nitrogens with two attached hydrogens (primary N) is 1. The van der Waals surface area contributed by atoms with Gasteiger partial charge in [0.25, 0.3) is 0 Å². The Balaban J connectivity index is 2.86. The minimum atomic E-state index is 0.0711. The molecule has 0 bridgehead atoms. The van der Waals surface area contributed by atoms with Crippen LogP contribution in [0.1, 0.15) is 6.92 Å². The minimum absolute atomic E-state index is 0.0711. The van der Waals surface area contributed by atoms with Crippen LogP contribution in [0.5, 0.6) is 12.0 Å². The van der Waals surface area contributed by atoms with Crippen molar-refractivity contribution in [2.75, 3.05) is 26.1 Å². The highest BCUT2D eigenvalue weighted by Gasteiger charge is 2.08. The van der Waals surface area contributed by atoms with E-state index in [9.17, 15) is 0 Å². The van der Waals surface area contributed by atoms with Gasteiger partial charge >= 0.3 is 12.0 Å². The molecule has 1 atom stereocenters. The molecule has 0 aliphatic rings. The third-order valence-electron chi connectivity index (χ3n) is 1.69. The fraction of sp³-hybridized carbons (Fsp3) is 0.625. The Morgan fingerprint density at radius 3 is 2.13 bits per heavy atom. The van der Waals surface area contributed by atoms with Crippen LogP contribution < -0.4 is 20.5 Å². The molecule has 0 saturated carbocycles. The highest BCUT2D eigenvalue weighted by atomic mass is 16.5. The molecule has 84 valence electrons. The van der Waals surface area contributed by atoms with E-state index in [4.69, 9.17) is 15.2 Å². The predicted octanol–water partition coefficient (Wildman–Crippen LogP) is -0.352. The standard InChI is InChI=1S/C8H15N5O2/c1-5(4-9)10-6-11-7(14-2)13-8(12-6)15-3/h5H,4,9H2,1-3H3,(H,10,11,12,13). The highest BCUT2D eigenvalue weighted by molar-refractivity contribution is 5.28. The van der Waals surface area contributed by atoms with Gasteiger partial charge in [0.2, 0.25) is 5.95 Å². The molecule has 0 aliphatic heterocycles. The van der Waals surface area contributed by atoms with Crippen LogP contribution in [0.25, 0.3) is 0 Å². The molecule has 0 fully saturated rings. The molecule has 0 spiro atoms. The Labute approximate surface area is 88.0 Å². The van der Waals surface area contributed by atoms with E-state index in [1.54, 1.807) is 0 Å². The number of rotatable bonds is 5. The first kappa shape index (κ1) is 11.4. The Hall–Kier alpha value is -1.63. The van der Waals surface area contributed by atoms with Crippen LogP contribution in [0.2, 0.25) is 0 Å². The molecule has 0 aromatic carbocycles. The molecule has 3 N–H and O–H groups in total. The fourth-order valence-corrected chi connectivity index (χ4v) is 0.864. The predicted molar refractivity (Wildman–Crippen MR) is 55.1 cm³/mol. The molecule has 1 unspecified atom stereocenters. The Bertz CT molecular complexity index is 298. The van der Waals surface area contributed by atoms with E-state index >= 15 is 0 Å². The van der Waals surface area contributed by atoms with Gasteiger partial charge in [-0.3, -0.25) is 0 Å². The van der Waals surface area contributed by atoms with Gasteiger partial charge in [0.05, 0.1) is 14.2 Å². The van der Waals surface area contributed by atoms with Crippen molar-refractivity contribution in [3.05, 3.63) is 0 Å². The average molecular weight is 213 g/mol. The van der Waals surface area contributed by atoms with Crippen LogP contribution >= 0.6 is 0 Å². The lowest BCUT2D eigenvalue weighted by molar-refractivity contribution is 0.341. The number of hydrogen-bond acceptors (Lipinski definition) is 7. The number of anilines is 1. The zero-order valence-electron chi connectivity index (χ0n) is 9.02. The van der Waals surface area contributed by atoms with Gasteiger partial charge in [-0.2, -0.15) is 9.97 Å². The first-order chi connectivity index (χ1) is 7.19. The smallest absolute Gasteiger partial charge is 0.324 e. The number of nitrogens with one attached hydrogen (secondary N) is 1. The molecule has 7 heteroatoms. The third-order valence-corrected chi connectivity index (χ3v) is 1.69. The molecule has 1 aromatic heterocycles. The maximum Gasteiger partial charge on any atom is 0.324 e. The second-order valence-electron chi connectivity index (χ2n) is 2.91. The molecule has 0 aliphatic carbocycles. The Morgan fingerprint density at radius 1 is 1.20 bits per heavy atom. The van der Waals surface area contributed by atoms with Crippen molar-refractivity contribution < 1.29 is 9.47 Å². The first-order valence-electron chi connectivity index (χ1n) is 4.50. The molecular formula is C8H15N5O2. The summed E-state index contributed by atoms with van der Waals surface area (Å²) in [6, 6.07) is 0.476. The molecular weight excluding hydrogens is 198 g/mol. The van der Waals surface area contributed by atoms with E-state index in [-0.39, 0.29) is 18.1 Å². The van der Waals surface area contributed by atoms with E-state index in [1.807, 2.05) is 6.92 Å². The summed E-state index contributed by atoms with van der Waals surface area (Å²) in [6.07, 6.45) is 0. The van der Waals surface area contributed by atoms with Crippen LogP contribution in [0, 0.1) is 0 Å². The van der Waals surface area contributed by atoms with Gasteiger partial charge in [-0.25, -0.2) is 0 Å². The summed E-state index contributed by atoms with van der Waals surface area (Å²) in [5.74, 6) is 0.386. The normalized spacial score (nSPS) is 12.0. The number of ether oxygens (including phenoxy) is 2. The summed E-state index contributed by atoms with van der Waals surface area (Å²) < 4.78 is 9.80. The third kappa shape index (κ3) is 3.21. The lowest BCUT2D eigenvalue weighted by Crippen LogP contribution is -2.26. The lowest BCUT2D eigenvalue weighted by atomic mass is 10.3.